The molecule has 35 heavy (non-hydrogen) atoms. The van der Waals surface area contributed by atoms with Crippen molar-refractivity contribution in [2.45, 2.75) is 44.7 Å². The fourth-order valence-electron chi connectivity index (χ4n) is 5.95. The first-order valence-electron chi connectivity index (χ1n) is 12.2. The molecule has 3 aliphatic heterocycles. The van der Waals surface area contributed by atoms with Crippen molar-refractivity contribution >= 4 is 23.3 Å². The zero-order valence-electron chi connectivity index (χ0n) is 19.9. The lowest BCUT2D eigenvalue weighted by atomic mass is 9.81. The average molecular weight is 475 g/mol. The van der Waals surface area contributed by atoms with Crippen molar-refractivity contribution in [3.8, 4) is 6.07 Å². The average Bonchev–Trinajstić information content (AvgIpc) is 2.85. The number of rotatable bonds is 3. The number of piperidine rings is 2. The zero-order valence-corrected chi connectivity index (χ0v) is 19.9. The maximum atomic E-state index is 12.8. The van der Waals surface area contributed by atoms with Crippen LogP contribution in [-0.4, -0.2) is 58.5 Å². The van der Waals surface area contributed by atoms with E-state index in [1.54, 1.807) is 37.3 Å². The van der Waals surface area contributed by atoms with E-state index in [9.17, 15) is 14.4 Å². The summed E-state index contributed by atoms with van der Waals surface area (Å²) in [5.41, 5.74) is 2.50. The summed E-state index contributed by atoms with van der Waals surface area (Å²) in [4.78, 5) is 41.7. The van der Waals surface area contributed by atoms with Gasteiger partial charge in [-0.15, -0.1) is 0 Å². The Bertz CT molecular complexity index is 1240. The normalized spacial score (nSPS) is 22.1. The fourth-order valence-corrected chi connectivity index (χ4v) is 5.95. The van der Waals surface area contributed by atoms with Crippen molar-refractivity contribution in [2.75, 3.05) is 36.8 Å². The number of pyridine rings is 1. The van der Waals surface area contributed by atoms with Gasteiger partial charge >= 0.3 is 6.03 Å². The van der Waals surface area contributed by atoms with Crippen LogP contribution in [0.2, 0.25) is 0 Å². The largest absolute Gasteiger partial charge is 0.343 e. The number of likely N-dealkylation sites (tertiary alicyclic amines) is 2. The molecule has 3 amide bonds. The number of aromatic nitrogens is 1. The highest BCUT2D eigenvalue weighted by Crippen LogP contribution is 2.40. The van der Waals surface area contributed by atoms with Gasteiger partial charge in [-0.2, -0.15) is 5.26 Å². The number of hydrogen-bond acceptors (Lipinski definition) is 5. The number of nitrogens with one attached hydrogen (secondary N) is 2. The summed E-state index contributed by atoms with van der Waals surface area (Å²) < 4.78 is 1.83. The molecule has 2 bridgehead atoms. The lowest BCUT2D eigenvalue weighted by Crippen LogP contribution is -2.53. The molecule has 9 nitrogen and oxygen atoms in total. The van der Waals surface area contributed by atoms with Gasteiger partial charge in [-0.3, -0.25) is 14.5 Å². The first-order valence-corrected chi connectivity index (χ1v) is 12.2. The lowest BCUT2D eigenvalue weighted by molar-refractivity contribution is -0.130. The van der Waals surface area contributed by atoms with Crippen LogP contribution in [0.25, 0.3) is 0 Å². The van der Waals surface area contributed by atoms with Crippen LogP contribution in [0.15, 0.2) is 41.2 Å². The molecule has 9 heteroatoms. The number of carbonyl (C=O) groups is 2. The van der Waals surface area contributed by atoms with E-state index in [1.165, 1.54) is 6.07 Å². The predicted octanol–water partition coefficient (Wildman–Crippen LogP) is 2.79. The van der Waals surface area contributed by atoms with Crippen LogP contribution in [-0.2, 0) is 11.3 Å². The quantitative estimate of drug-likeness (QED) is 0.711. The first-order chi connectivity index (χ1) is 16.9. The molecular formula is C26H30N6O3. The number of benzene rings is 1. The van der Waals surface area contributed by atoms with Crippen molar-refractivity contribution in [2.24, 2.45) is 5.92 Å². The minimum absolute atomic E-state index is 0.0365. The summed E-state index contributed by atoms with van der Waals surface area (Å²) in [6.45, 7) is 5.66. The van der Waals surface area contributed by atoms with Gasteiger partial charge in [0.1, 0.15) is 0 Å². The van der Waals surface area contributed by atoms with Crippen molar-refractivity contribution in [1.82, 2.24) is 14.4 Å². The lowest BCUT2D eigenvalue weighted by Gasteiger charge is -2.47. The number of urea groups is 1. The summed E-state index contributed by atoms with van der Waals surface area (Å²) in [5.74, 6) is 0.683. The molecule has 2 unspecified atom stereocenters. The molecule has 1 aromatic heterocycles. The van der Waals surface area contributed by atoms with Crippen LogP contribution in [0, 0.1) is 17.2 Å². The van der Waals surface area contributed by atoms with Gasteiger partial charge in [-0.05, 0) is 49.4 Å². The van der Waals surface area contributed by atoms with E-state index < -0.39 is 6.03 Å². The van der Waals surface area contributed by atoms with E-state index in [1.807, 2.05) is 9.47 Å². The minimum Gasteiger partial charge on any atom is -0.343 e. The van der Waals surface area contributed by atoms with E-state index in [0.29, 0.717) is 35.4 Å². The van der Waals surface area contributed by atoms with Gasteiger partial charge in [0.25, 0.3) is 5.56 Å². The Morgan fingerprint density at radius 3 is 2.60 bits per heavy atom. The number of anilines is 2. The summed E-state index contributed by atoms with van der Waals surface area (Å²) in [5, 5.41) is 14.8. The second-order valence-corrected chi connectivity index (χ2v) is 9.84. The van der Waals surface area contributed by atoms with E-state index >= 15 is 0 Å². The summed E-state index contributed by atoms with van der Waals surface area (Å²) in [7, 11) is 0. The van der Waals surface area contributed by atoms with Gasteiger partial charge in [0, 0.05) is 69.1 Å². The number of nitriles is 1. The van der Waals surface area contributed by atoms with E-state index in [-0.39, 0.29) is 17.4 Å². The molecule has 0 spiro atoms. The monoisotopic (exact) mass is 474 g/mol. The Labute approximate surface area is 204 Å². The van der Waals surface area contributed by atoms with Crippen LogP contribution < -0.4 is 16.2 Å². The molecule has 1 aromatic carbocycles. The molecule has 182 valence electrons. The molecule has 2 aromatic rings. The zero-order chi connectivity index (χ0) is 24.5. The SMILES string of the molecule is CC(=O)N1CCC(N2CC3CC(C2)c2c(NC(=O)Nc4cccc(C#N)c4)ccc(=O)n2C3)CC1. The van der Waals surface area contributed by atoms with Crippen molar-refractivity contribution in [3.63, 3.8) is 0 Å². The summed E-state index contributed by atoms with van der Waals surface area (Å²) in [6.07, 6.45) is 2.93. The molecule has 2 saturated heterocycles. The summed E-state index contributed by atoms with van der Waals surface area (Å²) in [6, 6.07) is 12.1. The number of amides is 3. The molecule has 2 fully saturated rings. The third-order valence-electron chi connectivity index (χ3n) is 7.54. The second kappa shape index (κ2) is 9.55. The van der Waals surface area contributed by atoms with Gasteiger partial charge in [0.2, 0.25) is 5.91 Å². The van der Waals surface area contributed by atoms with Gasteiger partial charge < -0.3 is 20.1 Å². The van der Waals surface area contributed by atoms with Gasteiger partial charge in [0.15, 0.2) is 0 Å². The fraction of sp³-hybridized carbons (Fsp3) is 0.462. The third kappa shape index (κ3) is 4.80. The minimum atomic E-state index is -0.409. The third-order valence-corrected chi connectivity index (χ3v) is 7.54. The number of nitrogens with zero attached hydrogens (tertiary/aromatic N) is 4. The smallest absolute Gasteiger partial charge is 0.323 e. The van der Waals surface area contributed by atoms with Crippen LogP contribution in [0.3, 0.4) is 0 Å². The van der Waals surface area contributed by atoms with E-state index in [2.05, 4.69) is 21.6 Å². The maximum absolute atomic E-state index is 12.8. The van der Waals surface area contributed by atoms with Crippen molar-refractivity contribution < 1.29 is 9.59 Å². The Balaban J connectivity index is 1.33. The standard InChI is InChI=1S/C26H30N6O3/c1-17(33)30-9-7-22(8-10-30)31-14-19-11-20(16-31)25-23(5-6-24(34)32(25)15-19)29-26(35)28-21-4-2-3-18(12-21)13-27/h2-6,12,19-20,22H,7-11,14-16H2,1H3,(H2,28,29,35). The van der Waals surface area contributed by atoms with E-state index in [4.69, 9.17) is 5.26 Å². The predicted molar refractivity (Wildman–Crippen MR) is 132 cm³/mol. The Morgan fingerprint density at radius 2 is 1.86 bits per heavy atom. The Kier molecular flexibility index (Phi) is 6.31. The van der Waals surface area contributed by atoms with Crippen molar-refractivity contribution in [3.05, 3.63) is 58.0 Å². The number of carbonyl (C=O) groups excluding carboxylic acids is 2. The van der Waals surface area contributed by atoms with E-state index in [0.717, 1.165) is 51.1 Å². The molecule has 0 radical (unpaired) electrons. The van der Waals surface area contributed by atoms with Gasteiger partial charge in [-0.25, -0.2) is 4.79 Å². The molecular weight excluding hydrogens is 444 g/mol. The second-order valence-electron chi connectivity index (χ2n) is 9.84. The Hall–Kier alpha value is -3.64. The van der Waals surface area contributed by atoms with Crippen LogP contribution in [0.5, 0.6) is 0 Å². The molecule has 5 rings (SSSR count). The maximum Gasteiger partial charge on any atom is 0.323 e. The molecule has 4 heterocycles. The number of fused-ring (bicyclic) bond motifs is 4. The molecule has 0 saturated carbocycles. The molecule has 2 N–H and O–H groups in total. The highest BCUT2D eigenvalue weighted by Gasteiger charge is 2.39. The number of hydrogen-bond donors (Lipinski definition) is 2. The molecule has 2 atom stereocenters. The topological polar surface area (TPSA) is 110 Å². The highest BCUT2D eigenvalue weighted by atomic mass is 16.2. The van der Waals surface area contributed by atoms with Gasteiger partial charge in [-0.1, -0.05) is 6.07 Å². The molecule has 0 aliphatic carbocycles. The van der Waals surface area contributed by atoms with Crippen LogP contribution >= 0.6 is 0 Å². The molecule has 3 aliphatic rings. The highest BCUT2D eigenvalue weighted by molar-refractivity contribution is 6.00. The Morgan fingerprint density at radius 1 is 1.06 bits per heavy atom. The van der Waals surface area contributed by atoms with Crippen LogP contribution in [0.1, 0.15) is 43.4 Å². The van der Waals surface area contributed by atoms with Gasteiger partial charge in [0.05, 0.1) is 17.3 Å². The first kappa shape index (κ1) is 23.1. The van der Waals surface area contributed by atoms with Crippen LogP contribution in [0.4, 0.5) is 16.2 Å². The van der Waals surface area contributed by atoms with Crippen molar-refractivity contribution in [1.29, 1.82) is 5.26 Å². The summed E-state index contributed by atoms with van der Waals surface area (Å²) >= 11 is 0.